The van der Waals surface area contributed by atoms with Gasteiger partial charge in [0.1, 0.15) is 0 Å². The van der Waals surface area contributed by atoms with Crippen LogP contribution in [0.5, 0.6) is 11.5 Å². The number of nitriles is 1. The van der Waals surface area contributed by atoms with Gasteiger partial charge in [0.05, 0.1) is 29.8 Å². The second-order valence-electron chi connectivity index (χ2n) is 6.97. The third-order valence-electron chi connectivity index (χ3n) is 4.64. The number of hydrogen-bond acceptors (Lipinski definition) is 6. The van der Waals surface area contributed by atoms with Crippen molar-refractivity contribution in [2.45, 2.75) is 13.8 Å². The summed E-state index contributed by atoms with van der Waals surface area (Å²) in [5.41, 5.74) is 1.33. The van der Waals surface area contributed by atoms with E-state index in [9.17, 15) is 9.59 Å². The fourth-order valence-corrected chi connectivity index (χ4v) is 3.09. The van der Waals surface area contributed by atoms with Crippen LogP contribution in [0.3, 0.4) is 0 Å². The molecule has 2 aromatic carbocycles. The number of rotatable bonds is 8. The first kappa shape index (κ1) is 21.1. The number of amides is 2. The zero-order valence-electron chi connectivity index (χ0n) is 17.0. The van der Waals surface area contributed by atoms with E-state index < -0.39 is 0 Å². The molecule has 2 aromatic rings. The molecular weight excluding hydrogens is 384 g/mol. The molecule has 1 atom stereocenters. The molecule has 0 saturated carbocycles. The summed E-state index contributed by atoms with van der Waals surface area (Å²) in [7, 11) is 0. The monoisotopic (exact) mass is 408 g/mol. The number of anilines is 2. The highest BCUT2D eigenvalue weighted by molar-refractivity contribution is 6.10. The van der Waals surface area contributed by atoms with Gasteiger partial charge in [0.2, 0.25) is 12.7 Å². The molecule has 8 heteroatoms. The van der Waals surface area contributed by atoms with Gasteiger partial charge < -0.3 is 20.1 Å². The fourth-order valence-electron chi connectivity index (χ4n) is 3.09. The molecule has 8 nitrogen and oxygen atoms in total. The van der Waals surface area contributed by atoms with Gasteiger partial charge in [0.15, 0.2) is 11.5 Å². The second kappa shape index (κ2) is 9.76. The van der Waals surface area contributed by atoms with E-state index in [2.05, 4.69) is 16.7 Å². The van der Waals surface area contributed by atoms with Crippen LogP contribution in [0.15, 0.2) is 42.5 Å². The van der Waals surface area contributed by atoms with Crippen molar-refractivity contribution < 1.29 is 19.1 Å². The van der Waals surface area contributed by atoms with Crippen molar-refractivity contribution in [1.82, 2.24) is 4.90 Å². The number of nitrogens with one attached hydrogen (secondary N) is 2. The number of carbonyl (C=O) groups excluding carboxylic acids is 2. The van der Waals surface area contributed by atoms with E-state index in [1.807, 2.05) is 18.7 Å². The zero-order chi connectivity index (χ0) is 21.5. The van der Waals surface area contributed by atoms with Crippen molar-refractivity contribution in [3.8, 4) is 17.6 Å². The van der Waals surface area contributed by atoms with E-state index in [0.29, 0.717) is 41.5 Å². The predicted molar refractivity (Wildman–Crippen MR) is 112 cm³/mol. The Labute approximate surface area is 175 Å². The molecule has 2 N–H and O–H groups in total. The van der Waals surface area contributed by atoms with E-state index in [0.717, 1.165) is 0 Å². The summed E-state index contributed by atoms with van der Waals surface area (Å²) in [4.78, 5) is 27.2. The predicted octanol–water partition coefficient (Wildman–Crippen LogP) is 3.09. The number of para-hydroxylation sites is 1. The lowest BCUT2D eigenvalue weighted by Gasteiger charge is -2.21. The smallest absolute Gasteiger partial charge is 0.257 e. The van der Waals surface area contributed by atoms with Gasteiger partial charge in [-0.25, -0.2) is 0 Å². The Kier molecular flexibility index (Phi) is 6.88. The highest BCUT2D eigenvalue weighted by atomic mass is 16.7. The quantitative estimate of drug-likeness (QED) is 0.696. The number of benzene rings is 2. The molecule has 0 radical (unpaired) electrons. The largest absolute Gasteiger partial charge is 0.454 e. The van der Waals surface area contributed by atoms with Crippen LogP contribution in [0.1, 0.15) is 24.2 Å². The summed E-state index contributed by atoms with van der Waals surface area (Å²) >= 11 is 0. The van der Waals surface area contributed by atoms with E-state index in [-0.39, 0.29) is 31.1 Å². The lowest BCUT2D eigenvalue weighted by atomic mass is 10.1. The van der Waals surface area contributed by atoms with Gasteiger partial charge >= 0.3 is 0 Å². The average molecular weight is 408 g/mol. The fraction of sp³-hybridized carbons (Fsp3) is 0.318. The van der Waals surface area contributed by atoms with E-state index in [1.165, 1.54) is 0 Å². The summed E-state index contributed by atoms with van der Waals surface area (Å²) < 4.78 is 10.6. The Bertz CT molecular complexity index is 970. The zero-order valence-corrected chi connectivity index (χ0v) is 17.0. The summed E-state index contributed by atoms with van der Waals surface area (Å²) in [5.74, 6) is 0.436. The minimum Gasteiger partial charge on any atom is -0.454 e. The Hall–Kier alpha value is -3.57. The number of fused-ring (bicyclic) bond motifs is 1. The van der Waals surface area contributed by atoms with E-state index in [4.69, 9.17) is 14.7 Å². The maximum Gasteiger partial charge on any atom is 0.257 e. The molecule has 0 saturated heterocycles. The van der Waals surface area contributed by atoms with Crippen LogP contribution >= 0.6 is 0 Å². The van der Waals surface area contributed by atoms with E-state index >= 15 is 0 Å². The molecule has 1 aliphatic heterocycles. The molecule has 0 aromatic heterocycles. The maximum absolute atomic E-state index is 12.8. The Balaban J connectivity index is 1.67. The number of likely N-dealkylation sites (N-methyl/N-ethyl adjacent to an activating group) is 1. The molecule has 1 unspecified atom stereocenters. The molecule has 0 aliphatic carbocycles. The van der Waals surface area contributed by atoms with Gasteiger partial charge in [-0.15, -0.1) is 0 Å². The molecule has 156 valence electrons. The molecule has 1 aliphatic rings. The van der Waals surface area contributed by atoms with Crippen molar-refractivity contribution in [2.24, 2.45) is 5.92 Å². The number of nitrogens with zero attached hydrogens (tertiary/aromatic N) is 2. The van der Waals surface area contributed by atoms with Crippen LogP contribution in [-0.2, 0) is 4.79 Å². The molecule has 0 bridgehead atoms. The summed E-state index contributed by atoms with van der Waals surface area (Å²) in [6.07, 6.45) is 0. The Morgan fingerprint density at radius 3 is 2.70 bits per heavy atom. The second-order valence-corrected chi connectivity index (χ2v) is 6.97. The van der Waals surface area contributed by atoms with Crippen molar-refractivity contribution in [1.29, 1.82) is 5.26 Å². The van der Waals surface area contributed by atoms with Gasteiger partial charge in [0.25, 0.3) is 5.91 Å². The molecule has 0 fully saturated rings. The normalized spacial score (nSPS) is 12.9. The SMILES string of the molecule is CCN(CC(=O)Nc1ccccc1C(=O)Nc1ccc2c(c1)OCO2)CC(C)C#N. The van der Waals surface area contributed by atoms with Crippen molar-refractivity contribution in [3.63, 3.8) is 0 Å². The van der Waals surface area contributed by atoms with Crippen molar-refractivity contribution >= 4 is 23.2 Å². The maximum atomic E-state index is 12.8. The Morgan fingerprint density at radius 1 is 1.17 bits per heavy atom. The van der Waals surface area contributed by atoms with Crippen LogP contribution in [0.2, 0.25) is 0 Å². The number of carbonyl (C=O) groups is 2. The molecule has 3 rings (SSSR count). The number of ether oxygens (including phenoxy) is 2. The first-order valence-electron chi connectivity index (χ1n) is 9.72. The van der Waals surface area contributed by atoms with Crippen molar-refractivity contribution in [3.05, 3.63) is 48.0 Å². The van der Waals surface area contributed by atoms with E-state index in [1.54, 1.807) is 42.5 Å². The number of hydrogen-bond donors (Lipinski definition) is 2. The molecular formula is C22H24N4O4. The third-order valence-corrected chi connectivity index (χ3v) is 4.64. The van der Waals surface area contributed by atoms with Gasteiger partial charge in [-0.2, -0.15) is 5.26 Å². The topological polar surface area (TPSA) is 104 Å². The van der Waals surface area contributed by atoms with Gasteiger partial charge in [-0.3, -0.25) is 14.5 Å². The van der Waals surface area contributed by atoms with Crippen LogP contribution in [0.25, 0.3) is 0 Å². The summed E-state index contributed by atoms with van der Waals surface area (Å²) in [6, 6.07) is 14.1. The van der Waals surface area contributed by atoms with Gasteiger partial charge in [-0.1, -0.05) is 19.1 Å². The first-order valence-corrected chi connectivity index (χ1v) is 9.72. The van der Waals surface area contributed by atoms with Crippen LogP contribution in [-0.4, -0.2) is 43.1 Å². The first-order chi connectivity index (χ1) is 14.5. The van der Waals surface area contributed by atoms with Gasteiger partial charge in [-0.05, 0) is 37.7 Å². The molecule has 1 heterocycles. The molecule has 30 heavy (non-hydrogen) atoms. The molecule has 2 amide bonds. The van der Waals surface area contributed by atoms with Crippen LogP contribution < -0.4 is 20.1 Å². The lowest BCUT2D eigenvalue weighted by Crippen LogP contribution is -2.36. The van der Waals surface area contributed by atoms with Gasteiger partial charge in [0, 0.05) is 18.3 Å². The molecule has 0 spiro atoms. The lowest BCUT2D eigenvalue weighted by molar-refractivity contribution is -0.117. The van der Waals surface area contributed by atoms with Crippen LogP contribution in [0, 0.1) is 17.2 Å². The average Bonchev–Trinajstić information content (AvgIpc) is 3.21. The highest BCUT2D eigenvalue weighted by Crippen LogP contribution is 2.34. The van der Waals surface area contributed by atoms with Crippen LogP contribution in [0.4, 0.5) is 11.4 Å². The highest BCUT2D eigenvalue weighted by Gasteiger charge is 2.18. The summed E-state index contributed by atoms with van der Waals surface area (Å²) in [6.45, 7) is 5.20. The third kappa shape index (κ3) is 5.27. The standard InChI is InChI=1S/C22H24N4O4/c1-3-26(12-15(2)11-23)13-21(27)25-18-7-5-4-6-17(18)22(28)24-16-8-9-19-20(10-16)30-14-29-19/h4-10,15H,3,12-14H2,1-2H3,(H,24,28)(H,25,27). The Morgan fingerprint density at radius 2 is 1.93 bits per heavy atom. The minimum absolute atomic E-state index is 0.140. The summed E-state index contributed by atoms with van der Waals surface area (Å²) in [5, 5.41) is 14.6. The minimum atomic E-state index is -0.352. The van der Waals surface area contributed by atoms with Crippen molar-refractivity contribution in [2.75, 3.05) is 37.1 Å².